The van der Waals surface area contributed by atoms with Crippen LogP contribution in [0.15, 0.2) is 18.7 Å². The first kappa shape index (κ1) is 14.5. The van der Waals surface area contributed by atoms with Gasteiger partial charge in [0, 0.05) is 0 Å². The van der Waals surface area contributed by atoms with E-state index in [1.54, 1.807) is 20.8 Å². The van der Waals surface area contributed by atoms with Gasteiger partial charge in [0.05, 0.1) is 0 Å². The maximum atomic E-state index is 13.7. The standard InChI is InChI=1S/C13H14F4O/c1-5-8-6-9(13(15,16)17)11(10(14)7-8)18-12(2,3)4/h5-7H,1H2,2-4H3. The minimum absolute atomic E-state index is 0.0566. The van der Waals surface area contributed by atoms with Crippen molar-refractivity contribution in [1.82, 2.24) is 0 Å². The number of alkyl halides is 3. The maximum absolute atomic E-state index is 13.7. The normalized spacial score (nSPS) is 12.4. The van der Waals surface area contributed by atoms with Crippen LogP contribution in [-0.2, 0) is 6.18 Å². The third kappa shape index (κ3) is 3.48. The predicted molar refractivity (Wildman–Crippen MR) is 61.9 cm³/mol. The molecule has 0 amide bonds. The van der Waals surface area contributed by atoms with Crippen molar-refractivity contribution in [1.29, 1.82) is 0 Å². The van der Waals surface area contributed by atoms with Gasteiger partial charge in [-0.15, -0.1) is 0 Å². The zero-order chi connectivity index (χ0) is 14.1. The van der Waals surface area contributed by atoms with Gasteiger partial charge in [-0.25, -0.2) is 4.39 Å². The summed E-state index contributed by atoms with van der Waals surface area (Å²) in [5, 5.41) is 0. The van der Waals surface area contributed by atoms with E-state index >= 15 is 0 Å². The van der Waals surface area contributed by atoms with E-state index in [-0.39, 0.29) is 5.56 Å². The second-order valence-electron chi connectivity index (χ2n) is 4.80. The fourth-order valence-corrected chi connectivity index (χ4v) is 1.35. The van der Waals surface area contributed by atoms with Crippen molar-refractivity contribution in [3.8, 4) is 5.75 Å². The van der Waals surface area contributed by atoms with Crippen LogP contribution in [-0.4, -0.2) is 5.60 Å². The lowest BCUT2D eigenvalue weighted by molar-refractivity contribution is -0.140. The van der Waals surface area contributed by atoms with E-state index in [4.69, 9.17) is 4.74 Å². The summed E-state index contributed by atoms with van der Waals surface area (Å²) >= 11 is 0. The van der Waals surface area contributed by atoms with E-state index < -0.39 is 28.9 Å². The van der Waals surface area contributed by atoms with Crippen molar-refractivity contribution < 1.29 is 22.3 Å². The van der Waals surface area contributed by atoms with Crippen LogP contribution >= 0.6 is 0 Å². The van der Waals surface area contributed by atoms with Crippen LogP contribution in [0.1, 0.15) is 31.9 Å². The first-order valence-electron chi connectivity index (χ1n) is 5.27. The van der Waals surface area contributed by atoms with Crippen molar-refractivity contribution in [3.05, 3.63) is 35.7 Å². The fourth-order valence-electron chi connectivity index (χ4n) is 1.35. The molecule has 1 rings (SSSR count). The Morgan fingerprint density at radius 3 is 2.11 bits per heavy atom. The number of rotatable bonds is 2. The third-order valence-corrected chi connectivity index (χ3v) is 2.02. The van der Waals surface area contributed by atoms with Crippen LogP contribution in [0.25, 0.3) is 6.08 Å². The summed E-state index contributed by atoms with van der Waals surface area (Å²) in [4.78, 5) is 0. The molecule has 18 heavy (non-hydrogen) atoms. The Labute approximate surface area is 103 Å². The summed E-state index contributed by atoms with van der Waals surface area (Å²) in [6.45, 7) is 7.97. The second-order valence-corrected chi connectivity index (χ2v) is 4.80. The summed E-state index contributed by atoms with van der Waals surface area (Å²) in [5.41, 5.74) is -2.00. The SMILES string of the molecule is C=Cc1cc(F)c(OC(C)(C)C)c(C(F)(F)F)c1. The molecule has 0 saturated carbocycles. The summed E-state index contributed by atoms with van der Waals surface area (Å²) in [7, 11) is 0. The van der Waals surface area contributed by atoms with Gasteiger partial charge in [-0.05, 0) is 38.5 Å². The zero-order valence-electron chi connectivity index (χ0n) is 10.4. The van der Waals surface area contributed by atoms with Crippen LogP contribution in [0.4, 0.5) is 17.6 Å². The Morgan fingerprint density at radius 1 is 1.17 bits per heavy atom. The van der Waals surface area contributed by atoms with Gasteiger partial charge in [0.15, 0.2) is 11.6 Å². The van der Waals surface area contributed by atoms with Crippen molar-refractivity contribution in [3.63, 3.8) is 0 Å². The summed E-state index contributed by atoms with van der Waals surface area (Å²) < 4.78 is 57.3. The van der Waals surface area contributed by atoms with Crippen molar-refractivity contribution in [2.45, 2.75) is 32.5 Å². The third-order valence-electron chi connectivity index (χ3n) is 2.02. The van der Waals surface area contributed by atoms with Crippen LogP contribution in [0.5, 0.6) is 5.75 Å². The van der Waals surface area contributed by atoms with Gasteiger partial charge < -0.3 is 4.74 Å². The van der Waals surface area contributed by atoms with Gasteiger partial charge in [-0.2, -0.15) is 13.2 Å². The number of hydrogen-bond donors (Lipinski definition) is 0. The maximum Gasteiger partial charge on any atom is 0.420 e. The molecule has 0 unspecified atom stereocenters. The number of hydrogen-bond acceptors (Lipinski definition) is 1. The molecule has 0 atom stereocenters. The van der Waals surface area contributed by atoms with Crippen LogP contribution in [0.2, 0.25) is 0 Å². The van der Waals surface area contributed by atoms with Gasteiger partial charge in [0.25, 0.3) is 0 Å². The number of ether oxygens (including phenoxy) is 1. The minimum Gasteiger partial charge on any atom is -0.484 e. The smallest absolute Gasteiger partial charge is 0.420 e. The Morgan fingerprint density at radius 2 is 1.72 bits per heavy atom. The summed E-state index contributed by atoms with van der Waals surface area (Å²) in [6, 6.07) is 1.78. The Bertz CT molecular complexity index is 455. The molecule has 0 spiro atoms. The highest BCUT2D eigenvalue weighted by atomic mass is 19.4. The number of benzene rings is 1. The van der Waals surface area contributed by atoms with Crippen LogP contribution in [0, 0.1) is 5.82 Å². The van der Waals surface area contributed by atoms with E-state index in [1.165, 1.54) is 0 Å². The molecule has 0 N–H and O–H groups in total. The van der Waals surface area contributed by atoms with E-state index in [9.17, 15) is 17.6 Å². The molecule has 0 aliphatic heterocycles. The van der Waals surface area contributed by atoms with Gasteiger partial charge in [0.2, 0.25) is 0 Å². The Balaban J connectivity index is 3.43. The van der Waals surface area contributed by atoms with Crippen LogP contribution < -0.4 is 4.74 Å². The highest BCUT2D eigenvalue weighted by Gasteiger charge is 2.37. The van der Waals surface area contributed by atoms with Crippen LogP contribution in [0.3, 0.4) is 0 Å². The largest absolute Gasteiger partial charge is 0.484 e. The lowest BCUT2D eigenvalue weighted by Crippen LogP contribution is -2.25. The Hall–Kier alpha value is -1.52. The van der Waals surface area contributed by atoms with Gasteiger partial charge in [-0.1, -0.05) is 12.7 Å². The summed E-state index contributed by atoms with van der Waals surface area (Å²) in [5.74, 6) is -1.82. The fraction of sp³-hybridized carbons (Fsp3) is 0.385. The molecular formula is C13H14F4O. The second kappa shape index (κ2) is 4.63. The molecule has 0 heterocycles. The molecule has 0 radical (unpaired) electrons. The molecule has 5 heteroatoms. The zero-order valence-corrected chi connectivity index (χ0v) is 10.4. The van der Waals surface area contributed by atoms with Crippen molar-refractivity contribution in [2.75, 3.05) is 0 Å². The summed E-state index contributed by atoms with van der Waals surface area (Å²) in [6.07, 6.45) is -3.53. The molecule has 0 aromatic heterocycles. The lowest BCUT2D eigenvalue weighted by Gasteiger charge is -2.24. The lowest BCUT2D eigenvalue weighted by atomic mass is 10.1. The van der Waals surface area contributed by atoms with E-state index in [1.807, 2.05) is 0 Å². The molecular weight excluding hydrogens is 248 g/mol. The molecule has 1 aromatic carbocycles. The van der Waals surface area contributed by atoms with Gasteiger partial charge in [0.1, 0.15) is 11.2 Å². The van der Waals surface area contributed by atoms with E-state index in [2.05, 4.69) is 6.58 Å². The minimum atomic E-state index is -4.68. The molecule has 1 aromatic rings. The Kier molecular flexibility index (Phi) is 3.74. The highest BCUT2D eigenvalue weighted by molar-refractivity contribution is 5.53. The van der Waals surface area contributed by atoms with Gasteiger partial charge in [-0.3, -0.25) is 0 Å². The van der Waals surface area contributed by atoms with Crippen molar-refractivity contribution >= 4 is 6.08 Å². The molecule has 0 aliphatic rings. The number of halogens is 4. The average Bonchev–Trinajstić information content (AvgIpc) is 2.17. The van der Waals surface area contributed by atoms with E-state index in [0.717, 1.165) is 18.2 Å². The highest BCUT2D eigenvalue weighted by Crippen LogP contribution is 2.40. The van der Waals surface area contributed by atoms with Crippen molar-refractivity contribution in [2.24, 2.45) is 0 Å². The molecule has 100 valence electrons. The molecule has 1 nitrogen and oxygen atoms in total. The first-order chi connectivity index (χ1) is 8.04. The molecule has 0 saturated heterocycles. The predicted octanol–water partition coefficient (Wildman–Crippen LogP) is 4.66. The molecule has 0 fully saturated rings. The topological polar surface area (TPSA) is 9.23 Å². The first-order valence-corrected chi connectivity index (χ1v) is 5.27. The quantitative estimate of drug-likeness (QED) is 0.704. The molecule has 0 aliphatic carbocycles. The molecule has 0 bridgehead atoms. The van der Waals surface area contributed by atoms with Gasteiger partial charge >= 0.3 is 6.18 Å². The van der Waals surface area contributed by atoms with E-state index in [0.29, 0.717) is 0 Å². The monoisotopic (exact) mass is 262 g/mol. The average molecular weight is 262 g/mol.